The molecule has 17 heavy (non-hydrogen) atoms. The molecule has 0 bridgehead atoms. The van der Waals surface area contributed by atoms with Crippen molar-refractivity contribution >= 4 is 5.97 Å². The van der Waals surface area contributed by atoms with Gasteiger partial charge in [-0.1, -0.05) is 26.0 Å². The molecule has 0 saturated heterocycles. The summed E-state index contributed by atoms with van der Waals surface area (Å²) in [6.07, 6.45) is 0.748. The van der Waals surface area contributed by atoms with Gasteiger partial charge in [0.1, 0.15) is 11.4 Å². The van der Waals surface area contributed by atoms with E-state index in [1.54, 1.807) is 26.0 Å². The van der Waals surface area contributed by atoms with E-state index in [4.69, 9.17) is 4.74 Å². The van der Waals surface area contributed by atoms with Crippen molar-refractivity contribution in [1.29, 1.82) is 0 Å². The molecule has 1 atom stereocenters. The van der Waals surface area contributed by atoms with Crippen molar-refractivity contribution in [3.8, 4) is 0 Å². The molecule has 2 nitrogen and oxygen atoms in total. The normalized spacial score (nSPS) is 13.2. The van der Waals surface area contributed by atoms with Crippen LogP contribution in [0.5, 0.6) is 0 Å². The molecule has 1 unspecified atom stereocenters. The summed E-state index contributed by atoms with van der Waals surface area (Å²) >= 11 is 0. The van der Waals surface area contributed by atoms with Gasteiger partial charge in [0.05, 0.1) is 5.92 Å². The maximum Gasteiger partial charge on any atom is 0.309 e. The monoisotopic (exact) mass is 238 g/mol. The van der Waals surface area contributed by atoms with Crippen molar-refractivity contribution in [2.75, 3.05) is 0 Å². The Hall–Kier alpha value is -1.38. The predicted molar refractivity (Wildman–Crippen MR) is 65.0 cm³/mol. The van der Waals surface area contributed by atoms with Gasteiger partial charge in [-0.25, -0.2) is 4.39 Å². The zero-order valence-corrected chi connectivity index (χ0v) is 10.8. The second-order valence-electron chi connectivity index (χ2n) is 4.75. The molecule has 0 aromatic heterocycles. The van der Waals surface area contributed by atoms with Crippen molar-refractivity contribution in [1.82, 2.24) is 0 Å². The Labute approximate surface area is 102 Å². The number of halogens is 1. The standard InChI is InChI=1S/C14H19FO2/c1-5-10(2)13(16)17-14(3,4)11-6-8-12(15)9-7-11/h6-10H,5H2,1-4H3. The largest absolute Gasteiger partial charge is 0.455 e. The molecule has 3 heteroatoms. The van der Waals surface area contributed by atoms with Crippen molar-refractivity contribution < 1.29 is 13.9 Å². The number of esters is 1. The molecule has 1 aromatic carbocycles. The van der Waals surface area contributed by atoms with Crippen molar-refractivity contribution in [2.24, 2.45) is 5.92 Å². The number of hydrogen-bond donors (Lipinski definition) is 0. The van der Waals surface area contributed by atoms with Crippen LogP contribution in [-0.4, -0.2) is 5.97 Å². The fraction of sp³-hybridized carbons (Fsp3) is 0.500. The molecular weight excluding hydrogens is 219 g/mol. The maximum atomic E-state index is 12.8. The van der Waals surface area contributed by atoms with Crippen LogP contribution in [0.3, 0.4) is 0 Å². The first-order valence-corrected chi connectivity index (χ1v) is 5.85. The van der Waals surface area contributed by atoms with Gasteiger partial charge in [-0.15, -0.1) is 0 Å². The number of hydrogen-bond acceptors (Lipinski definition) is 2. The van der Waals surface area contributed by atoms with E-state index in [1.165, 1.54) is 12.1 Å². The lowest BCUT2D eigenvalue weighted by Gasteiger charge is -2.27. The Morgan fingerprint density at radius 3 is 2.35 bits per heavy atom. The number of ether oxygens (including phenoxy) is 1. The van der Waals surface area contributed by atoms with Gasteiger partial charge in [-0.3, -0.25) is 4.79 Å². The van der Waals surface area contributed by atoms with Gasteiger partial charge >= 0.3 is 5.97 Å². The lowest BCUT2D eigenvalue weighted by Crippen LogP contribution is -2.28. The third kappa shape index (κ3) is 3.55. The number of benzene rings is 1. The van der Waals surface area contributed by atoms with Gasteiger partial charge in [-0.05, 0) is 38.0 Å². The van der Waals surface area contributed by atoms with Crippen LogP contribution in [-0.2, 0) is 15.1 Å². The van der Waals surface area contributed by atoms with Crippen LogP contribution >= 0.6 is 0 Å². The van der Waals surface area contributed by atoms with Gasteiger partial charge in [-0.2, -0.15) is 0 Å². The van der Waals surface area contributed by atoms with Crippen molar-refractivity contribution in [3.63, 3.8) is 0 Å². The highest BCUT2D eigenvalue weighted by Gasteiger charge is 2.27. The molecule has 0 N–H and O–H groups in total. The molecule has 0 aliphatic heterocycles. The molecule has 0 aliphatic rings. The molecule has 94 valence electrons. The van der Waals surface area contributed by atoms with E-state index >= 15 is 0 Å². The smallest absolute Gasteiger partial charge is 0.309 e. The topological polar surface area (TPSA) is 26.3 Å². The Balaban J connectivity index is 2.81. The number of carbonyl (C=O) groups excluding carboxylic acids is 1. The van der Waals surface area contributed by atoms with Gasteiger partial charge in [0, 0.05) is 0 Å². The Bertz CT molecular complexity index is 382. The summed E-state index contributed by atoms with van der Waals surface area (Å²) in [5.74, 6) is -0.630. The third-order valence-electron chi connectivity index (χ3n) is 2.91. The van der Waals surface area contributed by atoms with Gasteiger partial charge in [0.15, 0.2) is 0 Å². The van der Waals surface area contributed by atoms with Gasteiger partial charge < -0.3 is 4.74 Å². The molecule has 0 aliphatic carbocycles. The van der Waals surface area contributed by atoms with Crippen LogP contribution in [0.1, 0.15) is 39.7 Å². The highest BCUT2D eigenvalue weighted by Crippen LogP contribution is 2.26. The number of rotatable bonds is 4. The maximum absolute atomic E-state index is 12.8. The molecule has 0 radical (unpaired) electrons. The summed E-state index contributed by atoms with van der Waals surface area (Å²) in [5, 5.41) is 0. The average Bonchev–Trinajstić information content (AvgIpc) is 2.27. The molecule has 0 fully saturated rings. The Morgan fingerprint density at radius 1 is 1.35 bits per heavy atom. The first-order valence-electron chi connectivity index (χ1n) is 5.85. The molecule has 0 amide bonds. The highest BCUT2D eigenvalue weighted by atomic mass is 19.1. The third-order valence-corrected chi connectivity index (χ3v) is 2.91. The van der Waals surface area contributed by atoms with Crippen LogP contribution in [0.15, 0.2) is 24.3 Å². The van der Waals surface area contributed by atoms with E-state index < -0.39 is 5.60 Å². The van der Waals surface area contributed by atoms with Crippen molar-refractivity contribution in [2.45, 2.75) is 39.7 Å². The van der Waals surface area contributed by atoms with E-state index in [2.05, 4.69) is 0 Å². The second kappa shape index (κ2) is 5.30. The Kier molecular flexibility index (Phi) is 4.27. The van der Waals surface area contributed by atoms with Gasteiger partial charge in [0.2, 0.25) is 0 Å². The predicted octanol–water partition coefficient (Wildman–Crippen LogP) is 3.65. The van der Waals surface area contributed by atoms with E-state index in [-0.39, 0.29) is 17.7 Å². The minimum Gasteiger partial charge on any atom is -0.455 e. The molecule has 0 spiro atoms. The van der Waals surface area contributed by atoms with Crippen LogP contribution in [0.25, 0.3) is 0 Å². The second-order valence-corrected chi connectivity index (χ2v) is 4.75. The summed E-state index contributed by atoms with van der Waals surface area (Å²) in [6, 6.07) is 6.01. The summed E-state index contributed by atoms with van der Waals surface area (Å²) in [7, 11) is 0. The minimum atomic E-state index is -0.728. The first kappa shape index (κ1) is 13.7. The van der Waals surface area contributed by atoms with E-state index in [1.807, 2.05) is 13.8 Å². The highest BCUT2D eigenvalue weighted by molar-refractivity contribution is 5.72. The molecule has 1 rings (SSSR count). The quantitative estimate of drug-likeness (QED) is 0.748. The van der Waals surface area contributed by atoms with Crippen LogP contribution in [0.2, 0.25) is 0 Å². The average molecular weight is 238 g/mol. The fourth-order valence-electron chi connectivity index (χ4n) is 1.43. The molecular formula is C14H19FO2. The lowest BCUT2D eigenvalue weighted by atomic mass is 9.97. The van der Waals surface area contributed by atoms with Crippen LogP contribution in [0, 0.1) is 11.7 Å². The van der Waals surface area contributed by atoms with Crippen LogP contribution in [0.4, 0.5) is 4.39 Å². The van der Waals surface area contributed by atoms with Crippen molar-refractivity contribution in [3.05, 3.63) is 35.6 Å². The van der Waals surface area contributed by atoms with Crippen LogP contribution < -0.4 is 0 Å². The number of carbonyl (C=O) groups is 1. The first-order chi connectivity index (χ1) is 7.86. The summed E-state index contributed by atoms with van der Waals surface area (Å²) in [4.78, 5) is 11.7. The Morgan fingerprint density at radius 2 is 1.88 bits per heavy atom. The molecule has 0 saturated carbocycles. The summed E-state index contributed by atoms with van der Waals surface area (Å²) in [5.41, 5.74) is 0.0596. The fourth-order valence-corrected chi connectivity index (χ4v) is 1.43. The SMILES string of the molecule is CCC(C)C(=O)OC(C)(C)c1ccc(F)cc1. The van der Waals surface area contributed by atoms with Gasteiger partial charge in [0.25, 0.3) is 0 Å². The lowest BCUT2D eigenvalue weighted by molar-refractivity contribution is -0.162. The summed E-state index contributed by atoms with van der Waals surface area (Å²) < 4.78 is 18.3. The van der Waals surface area contributed by atoms with E-state index in [9.17, 15) is 9.18 Å². The van der Waals surface area contributed by atoms with E-state index in [0.717, 1.165) is 12.0 Å². The summed E-state index contributed by atoms with van der Waals surface area (Å²) in [6.45, 7) is 7.39. The zero-order chi connectivity index (χ0) is 13.1. The minimum absolute atomic E-state index is 0.116. The molecule has 0 heterocycles. The molecule has 1 aromatic rings. The zero-order valence-electron chi connectivity index (χ0n) is 10.8. The van der Waals surface area contributed by atoms with E-state index in [0.29, 0.717) is 0 Å².